The third-order valence-electron chi connectivity index (χ3n) is 3.99. The highest BCUT2D eigenvalue weighted by molar-refractivity contribution is 5.74. The summed E-state index contributed by atoms with van der Waals surface area (Å²) in [6.07, 6.45) is 4.86. The SMILES string of the molecule is CC(c1ccoc1)N1CCC(C)(C(=O)O)CC1. The Morgan fingerprint density at radius 2 is 2.18 bits per heavy atom. The lowest BCUT2D eigenvalue weighted by Crippen LogP contribution is -2.43. The van der Waals surface area contributed by atoms with Gasteiger partial charge in [-0.15, -0.1) is 0 Å². The summed E-state index contributed by atoms with van der Waals surface area (Å²) in [5, 5.41) is 9.17. The minimum Gasteiger partial charge on any atom is -0.481 e. The van der Waals surface area contributed by atoms with Gasteiger partial charge in [-0.3, -0.25) is 9.69 Å². The number of hydrogen-bond donors (Lipinski definition) is 1. The van der Waals surface area contributed by atoms with Crippen LogP contribution in [0.15, 0.2) is 23.0 Å². The van der Waals surface area contributed by atoms with E-state index < -0.39 is 11.4 Å². The molecular formula is C13H19NO3. The van der Waals surface area contributed by atoms with Crippen LogP contribution in [0.1, 0.15) is 38.3 Å². The van der Waals surface area contributed by atoms with Gasteiger partial charge in [0.15, 0.2) is 0 Å². The van der Waals surface area contributed by atoms with Gasteiger partial charge in [-0.1, -0.05) is 0 Å². The van der Waals surface area contributed by atoms with Crippen molar-refractivity contribution in [2.24, 2.45) is 5.41 Å². The Morgan fingerprint density at radius 3 is 2.65 bits per heavy atom. The summed E-state index contributed by atoms with van der Waals surface area (Å²) in [6.45, 7) is 5.63. The normalized spacial score (nSPS) is 22.2. The van der Waals surface area contributed by atoms with Crippen molar-refractivity contribution in [1.29, 1.82) is 0 Å². The van der Waals surface area contributed by atoms with Gasteiger partial charge in [0.2, 0.25) is 0 Å². The molecule has 0 radical (unpaired) electrons. The third kappa shape index (κ3) is 2.36. The molecule has 1 atom stereocenters. The van der Waals surface area contributed by atoms with Gasteiger partial charge in [0.1, 0.15) is 0 Å². The van der Waals surface area contributed by atoms with E-state index in [1.807, 2.05) is 13.0 Å². The summed E-state index contributed by atoms with van der Waals surface area (Å²) in [6, 6.07) is 2.27. The number of aliphatic carboxylic acids is 1. The van der Waals surface area contributed by atoms with E-state index in [2.05, 4.69) is 11.8 Å². The van der Waals surface area contributed by atoms with Gasteiger partial charge in [0.05, 0.1) is 17.9 Å². The largest absolute Gasteiger partial charge is 0.481 e. The summed E-state index contributed by atoms with van der Waals surface area (Å²) >= 11 is 0. The number of hydrogen-bond acceptors (Lipinski definition) is 3. The van der Waals surface area contributed by atoms with Gasteiger partial charge >= 0.3 is 5.97 Å². The van der Waals surface area contributed by atoms with E-state index in [0.717, 1.165) is 18.7 Å². The molecule has 1 aromatic heterocycles. The molecular weight excluding hydrogens is 218 g/mol. The molecule has 0 aromatic carbocycles. The smallest absolute Gasteiger partial charge is 0.309 e. The fraction of sp³-hybridized carbons (Fsp3) is 0.615. The van der Waals surface area contributed by atoms with Crippen LogP contribution in [0.25, 0.3) is 0 Å². The molecule has 1 aliphatic heterocycles. The predicted molar refractivity (Wildman–Crippen MR) is 63.7 cm³/mol. The van der Waals surface area contributed by atoms with Crippen molar-refractivity contribution in [3.05, 3.63) is 24.2 Å². The van der Waals surface area contributed by atoms with Crippen LogP contribution in [-0.4, -0.2) is 29.1 Å². The summed E-state index contributed by atoms with van der Waals surface area (Å²) in [7, 11) is 0. The monoisotopic (exact) mass is 237 g/mol. The molecule has 1 aromatic rings. The molecule has 1 fully saturated rings. The second kappa shape index (κ2) is 4.53. The maximum atomic E-state index is 11.1. The third-order valence-corrected chi connectivity index (χ3v) is 3.99. The van der Waals surface area contributed by atoms with Crippen molar-refractivity contribution < 1.29 is 14.3 Å². The van der Waals surface area contributed by atoms with Crippen molar-refractivity contribution in [3.8, 4) is 0 Å². The fourth-order valence-corrected chi connectivity index (χ4v) is 2.34. The lowest BCUT2D eigenvalue weighted by Gasteiger charge is -2.39. The molecule has 0 amide bonds. The molecule has 0 spiro atoms. The van der Waals surface area contributed by atoms with Crippen molar-refractivity contribution in [3.63, 3.8) is 0 Å². The van der Waals surface area contributed by atoms with E-state index in [1.165, 1.54) is 0 Å². The van der Waals surface area contributed by atoms with Crippen molar-refractivity contribution >= 4 is 5.97 Å². The van der Waals surface area contributed by atoms with E-state index in [9.17, 15) is 9.90 Å². The van der Waals surface area contributed by atoms with Gasteiger partial charge in [-0.25, -0.2) is 0 Å². The first-order valence-corrected chi connectivity index (χ1v) is 6.02. The van der Waals surface area contributed by atoms with E-state index in [4.69, 9.17) is 4.42 Å². The molecule has 2 heterocycles. The molecule has 17 heavy (non-hydrogen) atoms. The first-order valence-electron chi connectivity index (χ1n) is 6.02. The maximum absolute atomic E-state index is 11.1. The number of carboxylic acid groups (broad SMARTS) is 1. The van der Waals surface area contributed by atoms with Crippen molar-refractivity contribution in [2.75, 3.05) is 13.1 Å². The highest BCUT2D eigenvalue weighted by Crippen LogP contribution is 2.34. The minimum absolute atomic E-state index is 0.298. The molecule has 2 rings (SSSR count). The Morgan fingerprint density at radius 1 is 1.53 bits per heavy atom. The van der Waals surface area contributed by atoms with Crippen LogP contribution < -0.4 is 0 Å². The molecule has 1 N–H and O–H groups in total. The van der Waals surface area contributed by atoms with Crippen LogP contribution in [0, 0.1) is 5.41 Å². The first-order chi connectivity index (χ1) is 8.03. The Hall–Kier alpha value is -1.29. The first kappa shape index (κ1) is 12.2. The zero-order valence-corrected chi connectivity index (χ0v) is 10.3. The Balaban J connectivity index is 1.98. The van der Waals surface area contributed by atoms with Crippen molar-refractivity contribution in [1.82, 2.24) is 4.90 Å². The van der Waals surface area contributed by atoms with Gasteiger partial charge < -0.3 is 9.52 Å². The van der Waals surface area contributed by atoms with E-state index >= 15 is 0 Å². The van der Waals surface area contributed by atoms with Crippen LogP contribution in [-0.2, 0) is 4.79 Å². The zero-order valence-electron chi connectivity index (χ0n) is 10.3. The number of likely N-dealkylation sites (tertiary alicyclic amines) is 1. The molecule has 94 valence electrons. The predicted octanol–water partition coefficient (Wildman–Crippen LogP) is 2.53. The van der Waals surface area contributed by atoms with E-state index in [0.29, 0.717) is 18.9 Å². The fourth-order valence-electron chi connectivity index (χ4n) is 2.34. The molecule has 0 aliphatic carbocycles. The molecule has 0 saturated carbocycles. The molecule has 0 bridgehead atoms. The zero-order chi connectivity index (χ0) is 12.5. The summed E-state index contributed by atoms with van der Waals surface area (Å²) in [5.41, 5.74) is 0.607. The van der Waals surface area contributed by atoms with Crippen LogP contribution in [0.3, 0.4) is 0 Å². The van der Waals surface area contributed by atoms with Gasteiger partial charge in [0, 0.05) is 11.6 Å². The number of rotatable bonds is 3. The van der Waals surface area contributed by atoms with Crippen LogP contribution in [0.5, 0.6) is 0 Å². The number of piperidine rings is 1. The molecule has 4 nitrogen and oxygen atoms in total. The summed E-state index contributed by atoms with van der Waals surface area (Å²) < 4.78 is 5.08. The Labute approximate surface area is 101 Å². The standard InChI is InChI=1S/C13H19NO3/c1-10(11-3-8-17-9-11)14-6-4-13(2,5-7-14)12(15)16/h3,8-10H,4-7H2,1-2H3,(H,15,16). The second-order valence-corrected chi connectivity index (χ2v) is 5.13. The van der Waals surface area contributed by atoms with Crippen molar-refractivity contribution in [2.45, 2.75) is 32.7 Å². The van der Waals surface area contributed by atoms with E-state index in [1.54, 1.807) is 12.5 Å². The molecule has 1 unspecified atom stereocenters. The highest BCUT2D eigenvalue weighted by Gasteiger charge is 2.37. The Bertz CT molecular complexity index is 377. The lowest BCUT2D eigenvalue weighted by molar-refractivity contribution is -0.151. The summed E-state index contributed by atoms with van der Waals surface area (Å²) in [5.74, 6) is -0.673. The maximum Gasteiger partial charge on any atom is 0.309 e. The number of carbonyl (C=O) groups is 1. The average Bonchev–Trinajstić information content (AvgIpc) is 2.82. The topological polar surface area (TPSA) is 53.7 Å². The highest BCUT2D eigenvalue weighted by atomic mass is 16.4. The number of nitrogens with zero attached hydrogens (tertiary/aromatic N) is 1. The minimum atomic E-state index is -0.673. The molecule has 4 heteroatoms. The Kier molecular flexibility index (Phi) is 3.24. The van der Waals surface area contributed by atoms with Crippen LogP contribution in [0.2, 0.25) is 0 Å². The van der Waals surface area contributed by atoms with Gasteiger partial charge in [-0.05, 0) is 45.8 Å². The molecule has 1 saturated heterocycles. The van der Waals surface area contributed by atoms with Crippen LogP contribution >= 0.6 is 0 Å². The number of furan rings is 1. The second-order valence-electron chi connectivity index (χ2n) is 5.13. The molecule has 1 aliphatic rings. The quantitative estimate of drug-likeness (QED) is 0.877. The lowest BCUT2D eigenvalue weighted by atomic mass is 9.80. The van der Waals surface area contributed by atoms with Gasteiger partial charge in [0.25, 0.3) is 0 Å². The van der Waals surface area contributed by atoms with Crippen LogP contribution in [0.4, 0.5) is 0 Å². The van der Waals surface area contributed by atoms with E-state index in [-0.39, 0.29) is 0 Å². The number of carboxylic acids is 1. The summed E-state index contributed by atoms with van der Waals surface area (Å²) in [4.78, 5) is 13.5. The average molecular weight is 237 g/mol. The van der Waals surface area contributed by atoms with Gasteiger partial charge in [-0.2, -0.15) is 0 Å².